The van der Waals surface area contributed by atoms with Gasteiger partial charge in [-0.25, -0.2) is 0 Å². The summed E-state index contributed by atoms with van der Waals surface area (Å²) < 4.78 is 6.17. The van der Waals surface area contributed by atoms with Gasteiger partial charge >= 0.3 is 0 Å². The van der Waals surface area contributed by atoms with Crippen LogP contribution in [0, 0.1) is 6.92 Å². The highest BCUT2D eigenvalue weighted by atomic mass is 32.1. The summed E-state index contributed by atoms with van der Waals surface area (Å²) in [6, 6.07) is 19.5. The highest BCUT2D eigenvalue weighted by Crippen LogP contribution is 2.34. The van der Waals surface area contributed by atoms with Crippen LogP contribution >= 0.6 is 11.3 Å². The molecule has 2 amide bonds. The number of ether oxygens (including phenoxy) is 1. The summed E-state index contributed by atoms with van der Waals surface area (Å²) in [7, 11) is 0. The second kappa shape index (κ2) is 10.7. The smallest absolute Gasteiger partial charge is 0.242 e. The van der Waals surface area contributed by atoms with Crippen LogP contribution in [0.25, 0.3) is 0 Å². The van der Waals surface area contributed by atoms with Crippen molar-refractivity contribution in [2.45, 2.75) is 32.7 Å². The second-order valence-electron chi connectivity index (χ2n) is 8.30. The van der Waals surface area contributed by atoms with Gasteiger partial charge in [-0.3, -0.25) is 9.59 Å². The molecule has 0 N–H and O–H groups in total. The van der Waals surface area contributed by atoms with Crippen LogP contribution in [-0.4, -0.2) is 47.9 Å². The first kappa shape index (κ1) is 23.1. The molecule has 6 heteroatoms. The van der Waals surface area contributed by atoms with Gasteiger partial charge in [0.15, 0.2) is 0 Å². The van der Waals surface area contributed by atoms with E-state index in [-0.39, 0.29) is 24.4 Å². The number of aryl methyl sites for hydroxylation is 1. The van der Waals surface area contributed by atoms with Gasteiger partial charge in [0, 0.05) is 18.0 Å². The molecule has 33 heavy (non-hydrogen) atoms. The highest BCUT2D eigenvalue weighted by Gasteiger charge is 2.33. The zero-order valence-corrected chi connectivity index (χ0v) is 20.0. The molecule has 1 aliphatic rings. The van der Waals surface area contributed by atoms with Gasteiger partial charge < -0.3 is 14.5 Å². The maximum Gasteiger partial charge on any atom is 0.242 e. The molecular weight excluding hydrogens is 432 g/mol. The van der Waals surface area contributed by atoms with Crippen molar-refractivity contribution in [3.8, 4) is 5.75 Å². The molecule has 1 aromatic heterocycles. The third kappa shape index (κ3) is 5.45. The van der Waals surface area contributed by atoms with Gasteiger partial charge in [0.1, 0.15) is 12.4 Å². The molecule has 4 rings (SSSR count). The molecular formula is C27H30N2O3S. The molecule has 0 unspecified atom stereocenters. The zero-order chi connectivity index (χ0) is 23.2. The largest absolute Gasteiger partial charge is 0.491 e. The van der Waals surface area contributed by atoms with E-state index in [0.717, 1.165) is 28.9 Å². The van der Waals surface area contributed by atoms with Crippen LogP contribution in [0.5, 0.6) is 5.75 Å². The fourth-order valence-corrected chi connectivity index (χ4v) is 5.20. The lowest BCUT2D eigenvalue weighted by Crippen LogP contribution is -2.48. The Labute approximate surface area is 199 Å². The van der Waals surface area contributed by atoms with Gasteiger partial charge in [-0.1, -0.05) is 48.5 Å². The average molecular weight is 463 g/mol. The monoisotopic (exact) mass is 462 g/mol. The fraction of sp³-hybridized carbons (Fsp3) is 0.333. The first-order valence-corrected chi connectivity index (χ1v) is 12.3. The average Bonchev–Trinajstić information content (AvgIpc) is 3.31. The minimum atomic E-state index is -0.157. The molecule has 5 nitrogen and oxygen atoms in total. The normalized spacial score (nSPS) is 15.1. The Morgan fingerprint density at radius 1 is 1.09 bits per heavy atom. The lowest BCUT2D eigenvalue weighted by Gasteiger charge is -2.37. The van der Waals surface area contributed by atoms with Crippen LogP contribution < -0.4 is 4.74 Å². The Kier molecular flexibility index (Phi) is 7.45. The van der Waals surface area contributed by atoms with Gasteiger partial charge in [-0.2, -0.15) is 0 Å². The van der Waals surface area contributed by atoms with E-state index in [1.165, 1.54) is 4.88 Å². The van der Waals surface area contributed by atoms with Crippen molar-refractivity contribution in [2.75, 3.05) is 26.2 Å². The van der Waals surface area contributed by atoms with E-state index in [2.05, 4.69) is 11.4 Å². The number of hydrogen-bond acceptors (Lipinski definition) is 4. The van der Waals surface area contributed by atoms with E-state index in [9.17, 15) is 9.59 Å². The first-order valence-electron chi connectivity index (χ1n) is 11.4. The predicted octanol–water partition coefficient (Wildman–Crippen LogP) is 4.65. The van der Waals surface area contributed by atoms with Gasteiger partial charge in [0.05, 0.1) is 19.0 Å². The Balaban J connectivity index is 1.47. The summed E-state index contributed by atoms with van der Waals surface area (Å²) in [5, 5.41) is 2.08. The molecule has 1 atom stereocenters. The van der Waals surface area contributed by atoms with Crippen molar-refractivity contribution in [1.82, 2.24) is 9.80 Å². The van der Waals surface area contributed by atoms with Crippen LogP contribution in [0.4, 0.5) is 0 Å². The number of likely N-dealkylation sites (N-methyl/N-ethyl adjacent to an activating group) is 1. The number of carbonyl (C=O) groups is 2. The van der Waals surface area contributed by atoms with Crippen LogP contribution in [0.3, 0.4) is 0 Å². The highest BCUT2D eigenvalue weighted by molar-refractivity contribution is 7.10. The standard InChI is InChI=1S/C27H30N2O3S/c1-3-28(26(30)17-21-10-5-4-6-11-21)18-27(31)29-15-13-25-22(14-16-33-25)23(29)19-32-24-12-8-7-9-20(24)2/h4-12,14,16,23H,3,13,15,17-19H2,1-2H3/t23-/m1/s1. The Morgan fingerprint density at radius 3 is 2.61 bits per heavy atom. The molecule has 1 aliphatic heterocycles. The molecule has 172 valence electrons. The molecule has 0 saturated carbocycles. The second-order valence-corrected chi connectivity index (χ2v) is 9.30. The number of rotatable bonds is 8. The van der Waals surface area contributed by atoms with Crippen LogP contribution in [0.2, 0.25) is 0 Å². The number of fused-ring (bicyclic) bond motifs is 1. The van der Waals surface area contributed by atoms with E-state index in [4.69, 9.17) is 4.74 Å². The summed E-state index contributed by atoms with van der Waals surface area (Å²) in [6.07, 6.45) is 1.14. The third-order valence-corrected chi connectivity index (χ3v) is 7.16. The van der Waals surface area contributed by atoms with Gasteiger partial charge in [0.2, 0.25) is 11.8 Å². The molecule has 0 saturated heterocycles. The van der Waals surface area contributed by atoms with E-state index in [0.29, 0.717) is 26.1 Å². The molecule has 0 spiro atoms. The molecule has 2 aromatic carbocycles. The maximum absolute atomic E-state index is 13.4. The third-order valence-electron chi connectivity index (χ3n) is 6.16. The minimum absolute atomic E-state index is 0.0296. The summed E-state index contributed by atoms with van der Waals surface area (Å²) in [6.45, 7) is 5.56. The number of nitrogens with zero attached hydrogens (tertiary/aromatic N) is 2. The quantitative estimate of drug-likeness (QED) is 0.490. The zero-order valence-electron chi connectivity index (χ0n) is 19.2. The van der Waals surface area contributed by atoms with Crippen LogP contribution in [0.15, 0.2) is 66.0 Å². The predicted molar refractivity (Wildman–Crippen MR) is 132 cm³/mol. The van der Waals surface area contributed by atoms with Crippen molar-refractivity contribution in [3.05, 3.63) is 87.6 Å². The van der Waals surface area contributed by atoms with Crippen LogP contribution in [-0.2, 0) is 22.4 Å². The van der Waals surface area contributed by atoms with Crippen molar-refractivity contribution in [2.24, 2.45) is 0 Å². The topological polar surface area (TPSA) is 49.9 Å². The van der Waals surface area contributed by atoms with E-state index in [1.54, 1.807) is 16.2 Å². The molecule has 0 aliphatic carbocycles. The molecule has 0 bridgehead atoms. The van der Waals surface area contributed by atoms with Gasteiger partial charge in [-0.15, -0.1) is 11.3 Å². The Hall–Kier alpha value is -3.12. The maximum atomic E-state index is 13.4. The van der Waals surface area contributed by atoms with Crippen molar-refractivity contribution in [1.29, 1.82) is 0 Å². The molecule has 0 radical (unpaired) electrons. The molecule has 0 fully saturated rings. The number of thiophene rings is 1. The summed E-state index contributed by atoms with van der Waals surface area (Å²) >= 11 is 1.73. The molecule has 2 heterocycles. The van der Waals surface area contributed by atoms with Crippen molar-refractivity contribution < 1.29 is 14.3 Å². The first-order chi connectivity index (χ1) is 16.1. The Bertz CT molecular complexity index is 1100. The number of benzene rings is 2. The van der Waals surface area contributed by atoms with Gasteiger partial charge in [-0.05, 0) is 54.5 Å². The SMILES string of the molecule is CCN(CC(=O)N1CCc2sccc2[C@H]1COc1ccccc1C)C(=O)Cc1ccccc1. The lowest BCUT2D eigenvalue weighted by molar-refractivity contribution is -0.142. The number of carbonyl (C=O) groups excluding carboxylic acids is 2. The lowest BCUT2D eigenvalue weighted by atomic mass is 10.00. The van der Waals surface area contributed by atoms with E-state index >= 15 is 0 Å². The summed E-state index contributed by atoms with van der Waals surface area (Å²) in [4.78, 5) is 31.2. The van der Waals surface area contributed by atoms with Crippen molar-refractivity contribution in [3.63, 3.8) is 0 Å². The molecule has 3 aromatic rings. The number of para-hydroxylation sites is 1. The van der Waals surface area contributed by atoms with Crippen molar-refractivity contribution >= 4 is 23.2 Å². The fourth-order valence-electron chi connectivity index (χ4n) is 4.27. The minimum Gasteiger partial charge on any atom is -0.491 e. The van der Waals surface area contributed by atoms with Crippen LogP contribution in [0.1, 0.15) is 34.5 Å². The van der Waals surface area contributed by atoms with Gasteiger partial charge in [0.25, 0.3) is 0 Å². The Morgan fingerprint density at radius 2 is 1.85 bits per heavy atom. The van der Waals surface area contributed by atoms with E-state index < -0.39 is 0 Å². The van der Waals surface area contributed by atoms with E-state index in [1.807, 2.05) is 73.3 Å². The summed E-state index contributed by atoms with van der Waals surface area (Å²) in [5.41, 5.74) is 3.19. The summed E-state index contributed by atoms with van der Waals surface area (Å²) in [5.74, 6) is 0.770. The number of amides is 2. The number of hydrogen-bond donors (Lipinski definition) is 0.